The van der Waals surface area contributed by atoms with Crippen LogP contribution in [0.2, 0.25) is 0 Å². The standard InChI is InChI=1S/C31H24N4O6S/c1-38-21-11-9-20(10-12-21)35-29(31(37)41-34-35)27(36)18-42-30-25(17-32)23(16-26(33-30)19-7-5-4-6-8-19)24-15-22(39-2)13-14-28(24)40-3/h4-16H,18H2,1-3H3/p+1. The first-order chi connectivity index (χ1) is 20.5. The average molecular weight is 582 g/mol. The largest absolute Gasteiger partial charge is 0.497 e. The molecule has 210 valence electrons. The van der Waals surface area contributed by atoms with Gasteiger partial charge >= 0.3 is 11.3 Å². The number of hydrogen-bond donors (Lipinski definition) is 1. The number of thioether (sulfide) groups is 1. The Morgan fingerprint density at radius 3 is 2.33 bits per heavy atom. The first-order valence-corrected chi connectivity index (χ1v) is 13.6. The highest BCUT2D eigenvalue weighted by Gasteiger charge is 2.31. The van der Waals surface area contributed by atoms with Crippen LogP contribution in [0.4, 0.5) is 0 Å². The summed E-state index contributed by atoms with van der Waals surface area (Å²) < 4.78 is 22.5. The zero-order chi connectivity index (χ0) is 29.6. The molecule has 0 spiro atoms. The third-order valence-corrected chi connectivity index (χ3v) is 7.42. The smallest absolute Gasteiger partial charge is 0.438 e. The second kappa shape index (κ2) is 12.4. The summed E-state index contributed by atoms with van der Waals surface area (Å²) in [5.41, 5.74) is 2.36. The molecule has 5 rings (SSSR count). The highest BCUT2D eigenvalue weighted by molar-refractivity contribution is 8.00. The van der Waals surface area contributed by atoms with Crippen LogP contribution in [0.5, 0.6) is 17.2 Å². The quantitative estimate of drug-likeness (QED) is 0.140. The number of pyridine rings is 1. The van der Waals surface area contributed by atoms with Gasteiger partial charge in [-0.05, 0) is 46.4 Å². The predicted octanol–water partition coefficient (Wildman–Crippen LogP) is 4.85. The highest BCUT2D eigenvalue weighted by Crippen LogP contribution is 2.40. The number of ether oxygens (including phenoxy) is 3. The van der Waals surface area contributed by atoms with Crippen LogP contribution in [0.25, 0.3) is 28.1 Å². The number of rotatable bonds is 10. The summed E-state index contributed by atoms with van der Waals surface area (Å²) in [5.74, 6) is 1.04. The third-order valence-electron chi connectivity index (χ3n) is 6.45. The lowest BCUT2D eigenvalue weighted by atomic mass is 9.98. The lowest BCUT2D eigenvalue weighted by Crippen LogP contribution is -2.41. The first kappa shape index (κ1) is 28.2. The fourth-order valence-corrected chi connectivity index (χ4v) is 5.22. The molecule has 0 unspecified atom stereocenters. The van der Waals surface area contributed by atoms with Gasteiger partial charge in [0.05, 0.1) is 38.3 Å². The summed E-state index contributed by atoms with van der Waals surface area (Å²) in [5, 5.41) is 13.1. The number of nitriles is 1. The van der Waals surface area contributed by atoms with E-state index in [1.807, 2.05) is 36.4 Å². The number of methoxy groups -OCH3 is 3. The van der Waals surface area contributed by atoms with Crippen molar-refractivity contribution in [3.63, 3.8) is 0 Å². The lowest BCUT2D eigenvalue weighted by Gasteiger charge is -2.15. The van der Waals surface area contributed by atoms with Crippen LogP contribution >= 0.6 is 11.8 Å². The van der Waals surface area contributed by atoms with Crippen molar-refractivity contribution < 1.29 is 28.2 Å². The molecule has 3 aromatic carbocycles. The van der Waals surface area contributed by atoms with E-state index in [1.54, 1.807) is 63.8 Å². The number of benzene rings is 3. The van der Waals surface area contributed by atoms with Gasteiger partial charge < -0.3 is 14.2 Å². The molecule has 0 aliphatic heterocycles. The molecular formula is C31H25N4O6S+. The lowest BCUT2D eigenvalue weighted by molar-refractivity contribution is -0.672. The van der Waals surface area contributed by atoms with Gasteiger partial charge in [0.25, 0.3) is 0 Å². The van der Waals surface area contributed by atoms with E-state index in [-0.39, 0.29) is 17.0 Å². The molecular weight excluding hydrogens is 556 g/mol. The summed E-state index contributed by atoms with van der Waals surface area (Å²) in [4.78, 5) is 30.7. The van der Waals surface area contributed by atoms with Gasteiger partial charge in [-0.15, -0.1) is 0 Å². The fourth-order valence-electron chi connectivity index (χ4n) is 4.35. The summed E-state index contributed by atoms with van der Waals surface area (Å²) in [7, 11) is 4.65. The minimum Gasteiger partial charge on any atom is -0.497 e. The predicted molar refractivity (Wildman–Crippen MR) is 155 cm³/mol. The van der Waals surface area contributed by atoms with Crippen LogP contribution in [-0.2, 0) is 0 Å². The molecule has 2 heterocycles. The zero-order valence-electron chi connectivity index (χ0n) is 22.9. The summed E-state index contributed by atoms with van der Waals surface area (Å²) in [6.45, 7) is 0. The Morgan fingerprint density at radius 2 is 1.67 bits per heavy atom. The average Bonchev–Trinajstić information content (AvgIpc) is 3.44. The van der Waals surface area contributed by atoms with Gasteiger partial charge in [-0.25, -0.2) is 9.78 Å². The van der Waals surface area contributed by atoms with E-state index in [0.29, 0.717) is 44.8 Å². The van der Waals surface area contributed by atoms with E-state index < -0.39 is 11.4 Å². The topological polar surface area (TPSA) is 131 Å². The summed E-state index contributed by atoms with van der Waals surface area (Å²) in [6.07, 6.45) is 0. The second-order valence-electron chi connectivity index (χ2n) is 8.85. The molecule has 0 saturated heterocycles. The van der Waals surface area contributed by atoms with Crippen molar-refractivity contribution in [2.45, 2.75) is 5.03 Å². The number of aromatic nitrogens is 3. The van der Waals surface area contributed by atoms with E-state index in [0.717, 1.165) is 17.3 Å². The molecule has 0 saturated carbocycles. The van der Waals surface area contributed by atoms with Gasteiger partial charge in [-0.1, -0.05) is 42.1 Å². The number of nitrogens with zero attached hydrogens (tertiary/aromatic N) is 3. The number of carbonyl (C=O) groups excluding carboxylic acids is 1. The van der Waals surface area contributed by atoms with Crippen LogP contribution < -0.4 is 24.5 Å². The van der Waals surface area contributed by atoms with Crippen molar-refractivity contribution in [2.24, 2.45) is 0 Å². The Morgan fingerprint density at radius 1 is 0.952 bits per heavy atom. The molecule has 0 amide bonds. The van der Waals surface area contributed by atoms with Gasteiger partial charge in [0.2, 0.25) is 11.5 Å². The van der Waals surface area contributed by atoms with Crippen molar-refractivity contribution in [1.29, 1.82) is 5.26 Å². The molecule has 0 aliphatic rings. The number of nitrogens with one attached hydrogen (secondary N) is 1. The van der Waals surface area contributed by atoms with E-state index in [4.69, 9.17) is 23.7 Å². The Kier molecular flexibility index (Phi) is 8.36. The maximum Gasteiger partial charge on any atom is 0.438 e. The minimum atomic E-state index is -0.815. The minimum absolute atomic E-state index is 0.187. The Balaban J connectivity index is 1.57. The molecule has 11 heteroatoms. The molecule has 0 bridgehead atoms. The van der Waals surface area contributed by atoms with Crippen LogP contribution in [0.15, 0.2) is 93.2 Å². The van der Waals surface area contributed by atoms with Crippen molar-refractivity contribution >= 4 is 17.5 Å². The van der Waals surface area contributed by atoms with E-state index in [2.05, 4.69) is 11.3 Å². The normalized spacial score (nSPS) is 10.6. The van der Waals surface area contributed by atoms with Gasteiger partial charge in [0.1, 0.15) is 28.3 Å². The number of carbonyl (C=O) groups is 1. The molecule has 0 fully saturated rings. The van der Waals surface area contributed by atoms with Gasteiger partial charge in [0, 0.05) is 28.8 Å². The Hall–Kier alpha value is -5.34. The Bertz CT molecular complexity index is 1840. The molecule has 10 nitrogen and oxygen atoms in total. The van der Waals surface area contributed by atoms with E-state index in [1.165, 1.54) is 4.68 Å². The first-order valence-electron chi connectivity index (χ1n) is 12.6. The van der Waals surface area contributed by atoms with Gasteiger partial charge in [-0.3, -0.25) is 9.32 Å². The van der Waals surface area contributed by atoms with Crippen LogP contribution in [0, 0.1) is 11.3 Å². The fraction of sp³-hybridized carbons (Fsp3) is 0.129. The van der Waals surface area contributed by atoms with Crippen LogP contribution in [0.1, 0.15) is 16.1 Å². The number of aromatic amines is 1. The van der Waals surface area contributed by atoms with Gasteiger partial charge in [0.15, 0.2) is 0 Å². The summed E-state index contributed by atoms with van der Waals surface area (Å²) >= 11 is 1.05. The molecule has 5 aromatic rings. The third kappa shape index (κ3) is 5.61. The molecule has 42 heavy (non-hydrogen) atoms. The molecule has 0 atom stereocenters. The number of hydrogen-bond acceptors (Lipinski definition) is 9. The molecule has 0 aliphatic carbocycles. The van der Waals surface area contributed by atoms with E-state index >= 15 is 0 Å². The van der Waals surface area contributed by atoms with Crippen molar-refractivity contribution in [3.8, 4) is 51.4 Å². The van der Waals surface area contributed by atoms with Crippen molar-refractivity contribution in [2.75, 3.05) is 27.1 Å². The number of ketones is 1. The van der Waals surface area contributed by atoms with Crippen LogP contribution in [-0.4, -0.2) is 43.1 Å². The SMILES string of the molecule is COc1ccc(-[n+]2[nH]oc(=O)c2C(=O)CSc2nc(-c3ccccc3)cc(-c3cc(OC)ccc3OC)c2C#N)cc1. The Labute approximate surface area is 245 Å². The van der Waals surface area contributed by atoms with Gasteiger partial charge in [-0.2, -0.15) is 5.26 Å². The molecule has 1 N–H and O–H groups in total. The maximum atomic E-state index is 13.4. The monoisotopic (exact) mass is 581 g/mol. The second-order valence-corrected chi connectivity index (χ2v) is 9.82. The highest BCUT2D eigenvalue weighted by atomic mass is 32.2. The van der Waals surface area contributed by atoms with Crippen LogP contribution in [0.3, 0.4) is 0 Å². The zero-order valence-corrected chi connectivity index (χ0v) is 23.7. The van der Waals surface area contributed by atoms with Crippen molar-refractivity contribution in [3.05, 3.63) is 101 Å². The molecule has 2 aromatic heterocycles. The number of H-pyrrole nitrogens is 1. The number of Topliss-reactive ketones (excluding diaryl/α,β-unsaturated/α-hetero) is 1. The van der Waals surface area contributed by atoms with E-state index in [9.17, 15) is 14.9 Å². The molecule has 0 radical (unpaired) electrons. The van der Waals surface area contributed by atoms with Crippen molar-refractivity contribution in [1.82, 2.24) is 10.3 Å². The summed E-state index contributed by atoms with van der Waals surface area (Å²) in [6, 6.07) is 25.6. The maximum absolute atomic E-state index is 13.4.